The van der Waals surface area contributed by atoms with Crippen molar-refractivity contribution in [3.63, 3.8) is 0 Å². The number of thiophene rings is 1. The Morgan fingerprint density at radius 3 is 2.65 bits per heavy atom. The van der Waals surface area contributed by atoms with Crippen LogP contribution in [0.3, 0.4) is 0 Å². The van der Waals surface area contributed by atoms with Crippen molar-refractivity contribution in [1.29, 1.82) is 5.26 Å². The third kappa shape index (κ3) is 3.00. The van der Waals surface area contributed by atoms with Gasteiger partial charge in [0.15, 0.2) is 0 Å². The SMILES string of the molecule is CCc1ccc(S(=O)(=O)Nc2cc(C#N)ccc2C)s1. The molecule has 0 aliphatic heterocycles. The van der Waals surface area contributed by atoms with E-state index < -0.39 is 10.0 Å². The number of benzene rings is 1. The molecule has 2 aromatic rings. The minimum atomic E-state index is -3.59. The minimum Gasteiger partial charge on any atom is -0.279 e. The van der Waals surface area contributed by atoms with Gasteiger partial charge in [-0.1, -0.05) is 13.0 Å². The van der Waals surface area contributed by atoms with Crippen molar-refractivity contribution in [3.8, 4) is 6.07 Å². The summed E-state index contributed by atoms with van der Waals surface area (Å²) in [6.07, 6.45) is 0.809. The summed E-state index contributed by atoms with van der Waals surface area (Å²) in [5, 5.41) is 8.88. The van der Waals surface area contributed by atoms with Crippen LogP contribution >= 0.6 is 11.3 Å². The van der Waals surface area contributed by atoms with Gasteiger partial charge in [0.25, 0.3) is 10.0 Å². The van der Waals surface area contributed by atoms with E-state index in [0.717, 1.165) is 16.9 Å². The number of nitrogens with zero attached hydrogens (tertiary/aromatic N) is 1. The van der Waals surface area contributed by atoms with Crippen LogP contribution in [-0.2, 0) is 16.4 Å². The molecule has 1 aromatic carbocycles. The van der Waals surface area contributed by atoms with Crippen molar-refractivity contribution < 1.29 is 8.42 Å². The van der Waals surface area contributed by atoms with E-state index in [0.29, 0.717) is 11.3 Å². The zero-order valence-corrected chi connectivity index (χ0v) is 12.8. The molecule has 1 aromatic heterocycles. The smallest absolute Gasteiger partial charge is 0.271 e. The number of nitrogens with one attached hydrogen (secondary N) is 1. The highest BCUT2D eigenvalue weighted by Gasteiger charge is 2.17. The van der Waals surface area contributed by atoms with Crippen molar-refractivity contribution in [2.24, 2.45) is 0 Å². The molecule has 4 nitrogen and oxygen atoms in total. The zero-order chi connectivity index (χ0) is 14.8. The summed E-state index contributed by atoms with van der Waals surface area (Å²) in [6, 6.07) is 10.4. The molecule has 0 aliphatic carbocycles. The first kappa shape index (κ1) is 14.6. The molecule has 0 aliphatic rings. The fourth-order valence-corrected chi connectivity index (χ4v) is 4.11. The van der Waals surface area contributed by atoms with Gasteiger partial charge in [0.05, 0.1) is 17.3 Å². The molecule has 0 unspecified atom stereocenters. The predicted octanol–water partition coefficient (Wildman–Crippen LogP) is 3.29. The average molecular weight is 306 g/mol. The molecule has 0 atom stereocenters. The zero-order valence-electron chi connectivity index (χ0n) is 11.2. The molecule has 6 heteroatoms. The van der Waals surface area contributed by atoms with E-state index in [1.165, 1.54) is 11.3 Å². The molecule has 0 radical (unpaired) electrons. The number of aryl methyl sites for hydroxylation is 2. The maximum Gasteiger partial charge on any atom is 0.271 e. The standard InChI is InChI=1S/C14H14N2O2S2/c1-3-12-6-7-14(19-12)20(17,18)16-13-8-11(9-15)5-4-10(13)2/h4-8,16H,3H2,1-2H3. The van der Waals surface area contributed by atoms with E-state index >= 15 is 0 Å². The van der Waals surface area contributed by atoms with Crippen LogP contribution in [0.2, 0.25) is 0 Å². The molecular weight excluding hydrogens is 292 g/mol. The molecule has 1 N–H and O–H groups in total. The first-order valence-corrected chi connectivity index (χ1v) is 8.38. The lowest BCUT2D eigenvalue weighted by Gasteiger charge is -2.09. The lowest BCUT2D eigenvalue weighted by Crippen LogP contribution is -2.12. The molecule has 1 heterocycles. The van der Waals surface area contributed by atoms with Crippen LogP contribution in [-0.4, -0.2) is 8.42 Å². The summed E-state index contributed by atoms with van der Waals surface area (Å²) in [6.45, 7) is 3.78. The van der Waals surface area contributed by atoms with Gasteiger partial charge in [0.1, 0.15) is 4.21 Å². The van der Waals surface area contributed by atoms with E-state index in [9.17, 15) is 8.42 Å². The van der Waals surface area contributed by atoms with Gasteiger partial charge >= 0.3 is 0 Å². The highest BCUT2D eigenvalue weighted by Crippen LogP contribution is 2.26. The van der Waals surface area contributed by atoms with Crippen molar-refractivity contribution in [1.82, 2.24) is 0 Å². The number of hydrogen-bond donors (Lipinski definition) is 1. The molecular formula is C14H14N2O2S2. The van der Waals surface area contributed by atoms with E-state index in [4.69, 9.17) is 5.26 Å². The second kappa shape index (κ2) is 5.65. The second-order valence-electron chi connectivity index (χ2n) is 4.32. The fourth-order valence-electron chi connectivity index (χ4n) is 1.69. The Balaban J connectivity index is 2.35. The Morgan fingerprint density at radius 2 is 2.05 bits per heavy atom. The molecule has 0 spiro atoms. The summed E-state index contributed by atoms with van der Waals surface area (Å²) in [7, 11) is -3.59. The minimum absolute atomic E-state index is 0.288. The van der Waals surface area contributed by atoms with Crippen molar-refractivity contribution >= 4 is 27.0 Å². The van der Waals surface area contributed by atoms with Crippen molar-refractivity contribution in [3.05, 3.63) is 46.3 Å². The van der Waals surface area contributed by atoms with Gasteiger partial charge in [-0.3, -0.25) is 4.72 Å². The van der Waals surface area contributed by atoms with Gasteiger partial charge < -0.3 is 0 Å². The van der Waals surface area contributed by atoms with Crippen LogP contribution < -0.4 is 4.72 Å². The lowest BCUT2D eigenvalue weighted by molar-refractivity contribution is 0.603. The van der Waals surface area contributed by atoms with Gasteiger partial charge in [-0.25, -0.2) is 8.42 Å². The summed E-state index contributed by atoms with van der Waals surface area (Å²) in [5.74, 6) is 0. The van der Waals surface area contributed by atoms with Crippen molar-refractivity contribution in [2.45, 2.75) is 24.5 Å². The summed E-state index contributed by atoms with van der Waals surface area (Å²) in [4.78, 5) is 1.02. The number of hydrogen-bond acceptors (Lipinski definition) is 4. The molecule has 0 saturated carbocycles. The van der Waals surface area contributed by atoms with E-state index in [-0.39, 0.29) is 4.21 Å². The maximum absolute atomic E-state index is 12.3. The third-order valence-electron chi connectivity index (χ3n) is 2.86. The van der Waals surface area contributed by atoms with Crippen LogP contribution in [0.15, 0.2) is 34.5 Å². The molecule has 0 bridgehead atoms. The number of rotatable bonds is 4. The Labute approximate surface area is 122 Å². The maximum atomic E-state index is 12.3. The largest absolute Gasteiger partial charge is 0.279 e. The van der Waals surface area contributed by atoms with Crippen molar-refractivity contribution in [2.75, 3.05) is 4.72 Å². The van der Waals surface area contributed by atoms with Gasteiger partial charge in [0, 0.05) is 4.88 Å². The Bertz CT molecular complexity index is 771. The topological polar surface area (TPSA) is 70.0 Å². The normalized spacial score (nSPS) is 11.1. The quantitative estimate of drug-likeness (QED) is 0.942. The first-order chi connectivity index (χ1) is 9.46. The van der Waals surface area contributed by atoms with Gasteiger partial charge in [-0.2, -0.15) is 5.26 Å². The van der Waals surface area contributed by atoms with Crippen LogP contribution in [0.1, 0.15) is 22.9 Å². The fraction of sp³-hybridized carbons (Fsp3) is 0.214. The van der Waals surface area contributed by atoms with Gasteiger partial charge in [0.2, 0.25) is 0 Å². The molecule has 20 heavy (non-hydrogen) atoms. The Kier molecular flexibility index (Phi) is 4.12. The third-order valence-corrected chi connectivity index (χ3v) is 5.95. The summed E-state index contributed by atoms with van der Waals surface area (Å²) >= 11 is 1.26. The summed E-state index contributed by atoms with van der Waals surface area (Å²) < 4.78 is 27.4. The number of sulfonamides is 1. The highest BCUT2D eigenvalue weighted by molar-refractivity contribution is 7.94. The molecule has 0 saturated heterocycles. The second-order valence-corrected chi connectivity index (χ2v) is 7.40. The summed E-state index contributed by atoms with van der Waals surface area (Å²) in [5.41, 5.74) is 1.64. The molecule has 104 valence electrons. The monoisotopic (exact) mass is 306 g/mol. The average Bonchev–Trinajstić information content (AvgIpc) is 2.91. The van der Waals surface area contributed by atoms with E-state index in [1.54, 1.807) is 31.2 Å². The van der Waals surface area contributed by atoms with Gasteiger partial charge in [-0.05, 0) is 43.2 Å². The predicted molar refractivity (Wildman–Crippen MR) is 80.4 cm³/mol. The van der Waals surface area contributed by atoms with E-state index in [2.05, 4.69) is 4.72 Å². The number of anilines is 1. The van der Waals surface area contributed by atoms with Crippen LogP contribution in [0, 0.1) is 18.3 Å². The Hall–Kier alpha value is -1.84. The first-order valence-electron chi connectivity index (χ1n) is 6.08. The van der Waals surface area contributed by atoms with E-state index in [1.807, 2.05) is 19.1 Å². The van der Waals surface area contributed by atoms with Crippen LogP contribution in [0.25, 0.3) is 0 Å². The van der Waals surface area contributed by atoms with Crippen LogP contribution in [0.5, 0.6) is 0 Å². The van der Waals surface area contributed by atoms with Crippen LogP contribution in [0.4, 0.5) is 5.69 Å². The number of nitriles is 1. The molecule has 0 amide bonds. The lowest BCUT2D eigenvalue weighted by atomic mass is 10.1. The highest BCUT2D eigenvalue weighted by atomic mass is 32.2. The van der Waals surface area contributed by atoms with Gasteiger partial charge in [-0.15, -0.1) is 11.3 Å². The molecule has 0 fully saturated rings. The Morgan fingerprint density at radius 1 is 1.30 bits per heavy atom. The molecule has 2 rings (SSSR count).